The molecule has 0 amide bonds. The molecule has 0 aliphatic carbocycles. The van der Waals surface area contributed by atoms with Gasteiger partial charge in [0, 0.05) is 11.8 Å². The molecular formula is C8H14N2OS. The van der Waals surface area contributed by atoms with Gasteiger partial charge in [-0.3, -0.25) is 0 Å². The summed E-state index contributed by atoms with van der Waals surface area (Å²) in [5, 5.41) is 0.724. The first-order valence-corrected chi connectivity index (χ1v) is 4.90. The standard InChI is InChI=1S/C8H14N2OS/c1-5(9)4-12-8-10-6(2)7(3)11-8/h5H,4,9H2,1-3H3/t5-/m0/s1. The highest BCUT2D eigenvalue weighted by Gasteiger charge is 2.06. The average Bonchev–Trinajstić information content (AvgIpc) is 2.28. The molecule has 1 aromatic rings. The fraction of sp³-hybridized carbons (Fsp3) is 0.625. The number of hydrogen-bond donors (Lipinski definition) is 1. The van der Waals surface area contributed by atoms with Crippen molar-refractivity contribution in [1.29, 1.82) is 0 Å². The molecule has 12 heavy (non-hydrogen) atoms. The zero-order valence-electron chi connectivity index (χ0n) is 7.63. The quantitative estimate of drug-likeness (QED) is 0.730. The van der Waals surface area contributed by atoms with Crippen LogP contribution in [0.25, 0.3) is 0 Å². The van der Waals surface area contributed by atoms with Crippen molar-refractivity contribution < 1.29 is 4.42 Å². The molecule has 3 nitrogen and oxygen atoms in total. The van der Waals surface area contributed by atoms with E-state index in [2.05, 4.69) is 4.98 Å². The number of rotatable bonds is 3. The molecule has 0 saturated heterocycles. The fourth-order valence-electron chi connectivity index (χ4n) is 0.708. The van der Waals surface area contributed by atoms with Gasteiger partial charge in [0.25, 0.3) is 5.22 Å². The van der Waals surface area contributed by atoms with Gasteiger partial charge in [0.05, 0.1) is 5.69 Å². The van der Waals surface area contributed by atoms with E-state index in [1.165, 1.54) is 0 Å². The van der Waals surface area contributed by atoms with Crippen LogP contribution in [0.5, 0.6) is 0 Å². The zero-order chi connectivity index (χ0) is 9.14. The van der Waals surface area contributed by atoms with Crippen molar-refractivity contribution >= 4 is 11.8 Å². The number of oxazole rings is 1. The molecule has 1 heterocycles. The Kier molecular flexibility index (Phi) is 3.17. The maximum absolute atomic E-state index is 5.59. The lowest BCUT2D eigenvalue weighted by molar-refractivity contribution is 0.431. The number of aromatic nitrogens is 1. The van der Waals surface area contributed by atoms with Gasteiger partial charge in [-0.15, -0.1) is 0 Å². The Balaban J connectivity index is 2.53. The second kappa shape index (κ2) is 3.96. The van der Waals surface area contributed by atoms with Gasteiger partial charge in [-0.1, -0.05) is 11.8 Å². The van der Waals surface area contributed by atoms with E-state index in [0.29, 0.717) is 0 Å². The first-order valence-electron chi connectivity index (χ1n) is 3.92. The summed E-state index contributed by atoms with van der Waals surface area (Å²) in [6.07, 6.45) is 0. The molecule has 2 N–H and O–H groups in total. The second-order valence-electron chi connectivity index (χ2n) is 2.91. The summed E-state index contributed by atoms with van der Waals surface area (Å²) < 4.78 is 5.36. The largest absolute Gasteiger partial charge is 0.437 e. The number of thioether (sulfide) groups is 1. The first-order chi connectivity index (χ1) is 5.59. The highest BCUT2D eigenvalue weighted by Crippen LogP contribution is 2.20. The van der Waals surface area contributed by atoms with Gasteiger partial charge >= 0.3 is 0 Å². The normalized spacial score (nSPS) is 13.3. The lowest BCUT2D eigenvalue weighted by atomic mass is 10.4. The lowest BCUT2D eigenvalue weighted by Crippen LogP contribution is -2.17. The predicted molar refractivity (Wildman–Crippen MR) is 50.4 cm³/mol. The van der Waals surface area contributed by atoms with Gasteiger partial charge in [-0.25, -0.2) is 4.98 Å². The smallest absolute Gasteiger partial charge is 0.256 e. The Morgan fingerprint density at radius 1 is 1.58 bits per heavy atom. The molecule has 0 aliphatic rings. The van der Waals surface area contributed by atoms with Crippen molar-refractivity contribution in [1.82, 2.24) is 4.98 Å². The van der Waals surface area contributed by atoms with Crippen molar-refractivity contribution in [2.45, 2.75) is 32.0 Å². The van der Waals surface area contributed by atoms with Crippen LogP contribution >= 0.6 is 11.8 Å². The molecule has 0 saturated carbocycles. The monoisotopic (exact) mass is 186 g/mol. The minimum Gasteiger partial charge on any atom is -0.437 e. The Morgan fingerprint density at radius 2 is 2.25 bits per heavy atom. The summed E-state index contributed by atoms with van der Waals surface area (Å²) in [5.41, 5.74) is 6.56. The highest BCUT2D eigenvalue weighted by atomic mass is 32.2. The van der Waals surface area contributed by atoms with Crippen molar-refractivity contribution in [2.75, 3.05) is 5.75 Å². The topological polar surface area (TPSA) is 52.0 Å². The van der Waals surface area contributed by atoms with Crippen LogP contribution in [0.4, 0.5) is 0 Å². The molecule has 0 aromatic carbocycles. The van der Waals surface area contributed by atoms with E-state index in [0.717, 1.165) is 22.4 Å². The van der Waals surface area contributed by atoms with Crippen LogP contribution in [0.3, 0.4) is 0 Å². The molecule has 0 aliphatic heterocycles. The van der Waals surface area contributed by atoms with Crippen LogP contribution in [0.2, 0.25) is 0 Å². The van der Waals surface area contributed by atoms with Crippen LogP contribution < -0.4 is 5.73 Å². The number of nitrogens with zero attached hydrogens (tertiary/aromatic N) is 1. The van der Waals surface area contributed by atoms with Gasteiger partial charge in [-0.2, -0.15) is 0 Å². The van der Waals surface area contributed by atoms with Crippen LogP contribution in [0.1, 0.15) is 18.4 Å². The van der Waals surface area contributed by atoms with Crippen LogP contribution in [-0.2, 0) is 0 Å². The summed E-state index contributed by atoms with van der Waals surface area (Å²) in [6, 6.07) is 0.183. The van der Waals surface area contributed by atoms with E-state index in [-0.39, 0.29) is 6.04 Å². The third kappa shape index (κ3) is 2.53. The third-order valence-electron chi connectivity index (χ3n) is 1.48. The molecule has 4 heteroatoms. The Morgan fingerprint density at radius 3 is 2.67 bits per heavy atom. The zero-order valence-corrected chi connectivity index (χ0v) is 8.44. The summed E-state index contributed by atoms with van der Waals surface area (Å²) in [6.45, 7) is 5.82. The van der Waals surface area contributed by atoms with E-state index >= 15 is 0 Å². The molecule has 0 spiro atoms. The molecule has 68 valence electrons. The molecule has 0 unspecified atom stereocenters. The Labute approximate surface area is 76.7 Å². The van der Waals surface area contributed by atoms with E-state index < -0.39 is 0 Å². The molecule has 0 radical (unpaired) electrons. The summed E-state index contributed by atoms with van der Waals surface area (Å²) in [5.74, 6) is 1.74. The van der Waals surface area contributed by atoms with Crippen molar-refractivity contribution in [3.8, 4) is 0 Å². The minimum atomic E-state index is 0.183. The fourth-order valence-corrected chi connectivity index (χ4v) is 1.50. The van der Waals surface area contributed by atoms with Gasteiger partial charge in [0.15, 0.2) is 0 Å². The molecule has 1 rings (SSSR count). The van der Waals surface area contributed by atoms with E-state index in [4.69, 9.17) is 10.2 Å². The van der Waals surface area contributed by atoms with E-state index in [1.54, 1.807) is 11.8 Å². The Hall–Kier alpha value is -0.480. The van der Waals surface area contributed by atoms with Crippen LogP contribution in [0, 0.1) is 13.8 Å². The molecule has 0 fully saturated rings. The van der Waals surface area contributed by atoms with Crippen LogP contribution in [0.15, 0.2) is 9.64 Å². The van der Waals surface area contributed by atoms with Gasteiger partial charge in [0.1, 0.15) is 5.76 Å². The summed E-state index contributed by atoms with van der Waals surface area (Å²) >= 11 is 1.56. The second-order valence-corrected chi connectivity index (χ2v) is 3.88. The van der Waals surface area contributed by atoms with Gasteiger partial charge < -0.3 is 10.2 Å². The molecule has 1 atom stereocenters. The van der Waals surface area contributed by atoms with Crippen molar-refractivity contribution in [3.63, 3.8) is 0 Å². The number of hydrogen-bond acceptors (Lipinski definition) is 4. The number of nitrogens with two attached hydrogens (primary N) is 1. The maximum atomic E-state index is 5.59. The SMILES string of the molecule is Cc1nc(SC[C@H](C)N)oc1C. The van der Waals surface area contributed by atoms with Crippen molar-refractivity contribution in [3.05, 3.63) is 11.5 Å². The Bertz CT molecular complexity index is 238. The number of aryl methyl sites for hydroxylation is 2. The summed E-state index contributed by atoms with van der Waals surface area (Å²) in [4.78, 5) is 4.22. The third-order valence-corrected chi connectivity index (χ3v) is 2.59. The highest BCUT2D eigenvalue weighted by molar-refractivity contribution is 7.99. The lowest BCUT2D eigenvalue weighted by Gasteiger charge is -1.99. The van der Waals surface area contributed by atoms with E-state index in [9.17, 15) is 0 Å². The minimum absolute atomic E-state index is 0.183. The average molecular weight is 186 g/mol. The molecule has 1 aromatic heterocycles. The molecular weight excluding hydrogens is 172 g/mol. The summed E-state index contributed by atoms with van der Waals surface area (Å²) in [7, 11) is 0. The van der Waals surface area contributed by atoms with Crippen LogP contribution in [-0.4, -0.2) is 16.8 Å². The predicted octanol–water partition coefficient (Wildman–Crippen LogP) is 1.73. The van der Waals surface area contributed by atoms with Crippen molar-refractivity contribution in [2.24, 2.45) is 5.73 Å². The maximum Gasteiger partial charge on any atom is 0.256 e. The first kappa shape index (κ1) is 9.61. The van der Waals surface area contributed by atoms with Gasteiger partial charge in [-0.05, 0) is 20.8 Å². The molecule has 0 bridgehead atoms. The van der Waals surface area contributed by atoms with E-state index in [1.807, 2.05) is 20.8 Å². The van der Waals surface area contributed by atoms with Gasteiger partial charge in [0.2, 0.25) is 0 Å².